The summed E-state index contributed by atoms with van der Waals surface area (Å²) >= 11 is 0. The Morgan fingerprint density at radius 2 is 1.71 bits per heavy atom. The molecule has 0 unspecified atom stereocenters. The number of anilines is 2. The van der Waals surface area contributed by atoms with Gasteiger partial charge in [-0.1, -0.05) is 30.3 Å². The molecule has 0 saturated heterocycles. The molecule has 1 aromatic carbocycles. The van der Waals surface area contributed by atoms with E-state index in [0.29, 0.717) is 12.5 Å². The molecule has 0 saturated carbocycles. The molecule has 2 heterocycles. The van der Waals surface area contributed by atoms with E-state index >= 15 is 0 Å². The highest BCUT2D eigenvalue weighted by molar-refractivity contribution is 5.37. The van der Waals surface area contributed by atoms with E-state index < -0.39 is 0 Å². The number of rotatable bonds is 8. The van der Waals surface area contributed by atoms with Gasteiger partial charge in [0.15, 0.2) is 0 Å². The standard InChI is InChI=1S/C18H20N6/c1-2-5-15(6-3-1)7-4-10-20-17-14-22-24-18(23-17)21-13-16-8-11-19-12-9-16/h1-3,5-6,8-9,11-12,14H,4,7,10,13H2,(H2,20,21,23,24). The minimum atomic E-state index is 0.514. The molecule has 2 N–H and O–H groups in total. The summed E-state index contributed by atoms with van der Waals surface area (Å²) in [6.45, 7) is 1.49. The molecular weight excluding hydrogens is 300 g/mol. The third-order valence-electron chi connectivity index (χ3n) is 3.55. The Balaban J connectivity index is 1.45. The second-order valence-electron chi connectivity index (χ2n) is 5.39. The monoisotopic (exact) mass is 320 g/mol. The first-order valence-electron chi connectivity index (χ1n) is 8.00. The molecule has 0 aliphatic carbocycles. The van der Waals surface area contributed by atoms with Gasteiger partial charge in [-0.25, -0.2) is 0 Å². The Morgan fingerprint density at radius 3 is 2.54 bits per heavy atom. The van der Waals surface area contributed by atoms with Gasteiger partial charge in [0.2, 0.25) is 5.95 Å². The van der Waals surface area contributed by atoms with Crippen molar-refractivity contribution in [3.63, 3.8) is 0 Å². The van der Waals surface area contributed by atoms with Crippen molar-refractivity contribution in [2.75, 3.05) is 17.2 Å². The van der Waals surface area contributed by atoms with Crippen molar-refractivity contribution in [2.45, 2.75) is 19.4 Å². The number of aryl methyl sites for hydroxylation is 1. The molecule has 0 aliphatic heterocycles. The Morgan fingerprint density at radius 1 is 0.875 bits per heavy atom. The van der Waals surface area contributed by atoms with Crippen LogP contribution in [-0.4, -0.2) is 26.7 Å². The molecule has 6 heteroatoms. The number of nitrogens with zero attached hydrogens (tertiary/aromatic N) is 4. The van der Waals surface area contributed by atoms with Crippen LogP contribution < -0.4 is 10.6 Å². The predicted molar refractivity (Wildman–Crippen MR) is 94.6 cm³/mol. The van der Waals surface area contributed by atoms with Crippen molar-refractivity contribution >= 4 is 11.8 Å². The van der Waals surface area contributed by atoms with Crippen LogP contribution in [0.1, 0.15) is 17.5 Å². The van der Waals surface area contributed by atoms with E-state index in [1.807, 2.05) is 18.2 Å². The topological polar surface area (TPSA) is 75.6 Å². The average molecular weight is 320 g/mol. The van der Waals surface area contributed by atoms with E-state index in [4.69, 9.17) is 0 Å². The van der Waals surface area contributed by atoms with E-state index in [1.54, 1.807) is 18.6 Å². The van der Waals surface area contributed by atoms with Gasteiger partial charge in [-0.15, -0.1) is 5.10 Å². The number of nitrogens with one attached hydrogen (secondary N) is 2. The third-order valence-corrected chi connectivity index (χ3v) is 3.55. The quantitative estimate of drug-likeness (QED) is 0.622. The van der Waals surface area contributed by atoms with Crippen molar-refractivity contribution < 1.29 is 0 Å². The van der Waals surface area contributed by atoms with Gasteiger partial charge in [0.1, 0.15) is 5.82 Å². The summed E-state index contributed by atoms with van der Waals surface area (Å²) in [7, 11) is 0. The maximum atomic E-state index is 4.42. The molecule has 2 aromatic heterocycles. The number of hydrogen-bond acceptors (Lipinski definition) is 6. The molecule has 3 rings (SSSR count). The SMILES string of the molecule is c1ccc(CCCNc2cnnc(NCc3ccncc3)n2)cc1. The molecule has 24 heavy (non-hydrogen) atoms. The second kappa shape index (κ2) is 8.57. The first kappa shape index (κ1) is 15.9. The van der Waals surface area contributed by atoms with Crippen LogP contribution >= 0.6 is 0 Å². The Bertz CT molecular complexity index is 733. The molecular formula is C18H20N6. The van der Waals surface area contributed by atoms with Crippen molar-refractivity contribution in [1.82, 2.24) is 20.2 Å². The first-order valence-corrected chi connectivity index (χ1v) is 8.00. The summed E-state index contributed by atoms with van der Waals surface area (Å²) < 4.78 is 0. The lowest BCUT2D eigenvalue weighted by Crippen LogP contribution is -2.09. The zero-order valence-corrected chi connectivity index (χ0v) is 13.4. The Kier molecular flexibility index (Phi) is 5.66. The van der Waals surface area contributed by atoms with E-state index in [2.05, 4.69) is 55.1 Å². The van der Waals surface area contributed by atoms with E-state index in [9.17, 15) is 0 Å². The van der Waals surface area contributed by atoms with Crippen LogP contribution in [0.4, 0.5) is 11.8 Å². The minimum absolute atomic E-state index is 0.514. The van der Waals surface area contributed by atoms with E-state index in [0.717, 1.165) is 30.8 Å². The summed E-state index contributed by atoms with van der Waals surface area (Å²) in [5.41, 5.74) is 2.47. The van der Waals surface area contributed by atoms with Gasteiger partial charge in [-0.3, -0.25) is 4.98 Å². The molecule has 3 aromatic rings. The lowest BCUT2D eigenvalue weighted by molar-refractivity contribution is 0.851. The maximum Gasteiger partial charge on any atom is 0.244 e. The van der Waals surface area contributed by atoms with Crippen LogP contribution in [0, 0.1) is 0 Å². The maximum absolute atomic E-state index is 4.42. The second-order valence-corrected chi connectivity index (χ2v) is 5.39. The molecule has 0 bridgehead atoms. The lowest BCUT2D eigenvalue weighted by atomic mass is 10.1. The largest absolute Gasteiger partial charge is 0.369 e. The van der Waals surface area contributed by atoms with Gasteiger partial charge in [0.25, 0.3) is 0 Å². The highest BCUT2D eigenvalue weighted by atomic mass is 15.3. The first-order chi connectivity index (χ1) is 11.9. The Labute approximate surface area is 141 Å². The zero-order valence-electron chi connectivity index (χ0n) is 13.4. The Hall–Kier alpha value is -3.02. The summed E-state index contributed by atoms with van der Waals surface area (Å²) in [6.07, 6.45) is 7.25. The molecule has 122 valence electrons. The number of benzene rings is 1. The van der Waals surface area contributed by atoms with E-state index in [-0.39, 0.29) is 0 Å². The summed E-state index contributed by atoms with van der Waals surface area (Å²) in [4.78, 5) is 8.42. The number of pyridine rings is 1. The molecule has 0 fully saturated rings. The van der Waals surface area contributed by atoms with Gasteiger partial charge >= 0.3 is 0 Å². The molecule has 0 amide bonds. The van der Waals surface area contributed by atoms with Crippen LogP contribution in [0.15, 0.2) is 61.1 Å². The molecule has 0 aliphatic rings. The fourth-order valence-electron chi connectivity index (χ4n) is 2.30. The van der Waals surface area contributed by atoms with Gasteiger partial charge < -0.3 is 10.6 Å². The van der Waals surface area contributed by atoms with Gasteiger partial charge in [-0.05, 0) is 36.1 Å². The van der Waals surface area contributed by atoms with Crippen molar-refractivity contribution in [1.29, 1.82) is 0 Å². The van der Waals surface area contributed by atoms with Crippen molar-refractivity contribution in [2.24, 2.45) is 0 Å². The zero-order chi connectivity index (χ0) is 16.5. The van der Waals surface area contributed by atoms with Gasteiger partial charge in [0.05, 0.1) is 6.20 Å². The van der Waals surface area contributed by atoms with Crippen LogP contribution in [0.3, 0.4) is 0 Å². The van der Waals surface area contributed by atoms with Crippen LogP contribution in [0.5, 0.6) is 0 Å². The summed E-state index contributed by atoms with van der Waals surface area (Å²) in [5.74, 6) is 1.25. The molecule has 0 radical (unpaired) electrons. The van der Waals surface area contributed by atoms with Crippen LogP contribution in [0.2, 0.25) is 0 Å². The van der Waals surface area contributed by atoms with Gasteiger partial charge in [0, 0.05) is 25.5 Å². The molecule has 6 nitrogen and oxygen atoms in total. The highest BCUT2D eigenvalue weighted by Gasteiger charge is 2.00. The number of hydrogen-bond donors (Lipinski definition) is 2. The normalized spacial score (nSPS) is 10.3. The average Bonchev–Trinajstić information content (AvgIpc) is 2.66. The van der Waals surface area contributed by atoms with Crippen LogP contribution in [-0.2, 0) is 13.0 Å². The smallest absolute Gasteiger partial charge is 0.244 e. The molecule has 0 spiro atoms. The van der Waals surface area contributed by atoms with Crippen molar-refractivity contribution in [3.05, 3.63) is 72.2 Å². The van der Waals surface area contributed by atoms with Crippen LogP contribution in [0.25, 0.3) is 0 Å². The highest BCUT2D eigenvalue weighted by Crippen LogP contribution is 2.07. The summed E-state index contributed by atoms with van der Waals surface area (Å²) in [5, 5.41) is 14.4. The molecule has 0 atom stereocenters. The summed E-state index contributed by atoms with van der Waals surface area (Å²) in [6, 6.07) is 14.4. The van der Waals surface area contributed by atoms with Gasteiger partial charge in [-0.2, -0.15) is 10.1 Å². The lowest BCUT2D eigenvalue weighted by Gasteiger charge is -2.07. The van der Waals surface area contributed by atoms with Crippen molar-refractivity contribution in [3.8, 4) is 0 Å². The third kappa shape index (κ3) is 5.01. The fraction of sp³-hybridized carbons (Fsp3) is 0.222. The fourth-order valence-corrected chi connectivity index (χ4v) is 2.30. The number of aromatic nitrogens is 4. The van der Waals surface area contributed by atoms with E-state index in [1.165, 1.54) is 5.56 Å². The minimum Gasteiger partial charge on any atom is -0.369 e. The predicted octanol–water partition coefficient (Wildman–Crippen LogP) is 2.92.